The van der Waals surface area contributed by atoms with Crippen LogP contribution < -0.4 is 4.74 Å². The molecule has 0 amide bonds. The molecule has 0 aromatic heterocycles. The minimum absolute atomic E-state index is 0.284. The molecule has 3 nitrogen and oxygen atoms in total. The van der Waals surface area contributed by atoms with Gasteiger partial charge in [0.2, 0.25) is 5.79 Å². The highest BCUT2D eigenvalue weighted by molar-refractivity contribution is 6.69. The van der Waals surface area contributed by atoms with E-state index in [1.807, 2.05) is 12.1 Å². The van der Waals surface area contributed by atoms with E-state index in [1.54, 1.807) is 6.07 Å². The third-order valence-electron chi connectivity index (χ3n) is 3.68. The Morgan fingerprint density at radius 1 is 1.39 bits per heavy atom. The standard InChI is InChI=1S/C14H20O3Si/c1-18(2,3)17-14-8-4-5-12(14)11-9-10(15)6-7-13(11)16-14/h6-7,9,12,15H,4-5,8H2,1-3H3. The Balaban J connectivity index is 1.99. The zero-order chi connectivity index (χ0) is 13.0. The fourth-order valence-corrected chi connectivity index (χ4v) is 4.53. The maximum Gasteiger partial charge on any atom is 0.208 e. The van der Waals surface area contributed by atoms with Gasteiger partial charge < -0.3 is 14.3 Å². The molecule has 1 N–H and O–H groups in total. The molecule has 0 saturated heterocycles. The summed E-state index contributed by atoms with van der Waals surface area (Å²) in [6, 6.07) is 5.38. The second kappa shape index (κ2) is 3.74. The number of hydrogen-bond acceptors (Lipinski definition) is 3. The van der Waals surface area contributed by atoms with E-state index < -0.39 is 14.1 Å². The molecule has 0 spiro atoms. The summed E-state index contributed by atoms with van der Waals surface area (Å²) >= 11 is 0. The summed E-state index contributed by atoms with van der Waals surface area (Å²) in [7, 11) is -1.66. The van der Waals surface area contributed by atoms with Crippen LogP contribution in [0, 0.1) is 0 Å². The largest absolute Gasteiger partial charge is 0.508 e. The lowest BCUT2D eigenvalue weighted by Gasteiger charge is -2.35. The highest BCUT2D eigenvalue weighted by Crippen LogP contribution is 2.55. The van der Waals surface area contributed by atoms with Gasteiger partial charge in [0.15, 0.2) is 8.32 Å². The van der Waals surface area contributed by atoms with Crippen molar-refractivity contribution in [1.29, 1.82) is 0 Å². The first-order chi connectivity index (χ1) is 8.40. The maximum atomic E-state index is 9.65. The fourth-order valence-electron chi connectivity index (χ4n) is 3.21. The van der Waals surface area contributed by atoms with E-state index in [-0.39, 0.29) is 5.92 Å². The van der Waals surface area contributed by atoms with E-state index in [1.165, 1.54) is 0 Å². The van der Waals surface area contributed by atoms with E-state index in [0.29, 0.717) is 5.75 Å². The Morgan fingerprint density at radius 2 is 2.17 bits per heavy atom. The van der Waals surface area contributed by atoms with Crippen molar-refractivity contribution in [1.82, 2.24) is 0 Å². The van der Waals surface area contributed by atoms with Crippen molar-refractivity contribution >= 4 is 8.32 Å². The molecule has 1 aromatic rings. The van der Waals surface area contributed by atoms with Crippen molar-refractivity contribution in [3.05, 3.63) is 23.8 Å². The molecule has 1 heterocycles. The topological polar surface area (TPSA) is 38.7 Å². The zero-order valence-corrected chi connectivity index (χ0v) is 12.2. The molecule has 1 fully saturated rings. The van der Waals surface area contributed by atoms with Crippen molar-refractivity contribution in [3.63, 3.8) is 0 Å². The molecule has 2 aliphatic rings. The Morgan fingerprint density at radius 3 is 2.89 bits per heavy atom. The molecule has 1 aliphatic carbocycles. The first-order valence-corrected chi connectivity index (χ1v) is 10.0. The Labute approximate surface area is 109 Å². The zero-order valence-electron chi connectivity index (χ0n) is 11.2. The van der Waals surface area contributed by atoms with Crippen LogP contribution in [0.4, 0.5) is 0 Å². The van der Waals surface area contributed by atoms with Gasteiger partial charge in [-0.25, -0.2) is 0 Å². The molecular weight excluding hydrogens is 244 g/mol. The van der Waals surface area contributed by atoms with Gasteiger partial charge in [-0.05, 0) is 50.7 Å². The minimum Gasteiger partial charge on any atom is -0.508 e. The number of ether oxygens (including phenoxy) is 1. The van der Waals surface area contributed by atoms with Gasteiger partial charge in [0.1, 0.15) is 11.5 Å². The number of rotatable bonds is 2. The van der Waals surface area contributed by atoms with Crippen molar-refractivity contribution < 1.29 is 14.3 Å². The normalized spacial score (nSPS) is 29.8. The van der Waals surface area contributed by atoms with Gasteiger partial charge in [-0.1, -0.05) is 0 Å². The number of aromatic hydroxyl groups is 1. The molecule has 1 saturated carbocycles. The number of hydrogen-bond donors (Lipinski definition) is 1. The molecule has 1 aliphatic heterocycles. The second-order valence-electron chi connectivity index (χ2n) is 6.30. The van der Waals surface area contributed by atoms with Crippen molar-refractivity contribution in [3.8, 4) is 11.5 Å². The third kappa shape index (κ3) is 1.84. The number of phenols is 1. The molecule has 1 aromatic carbocycles. The van der Waals surface area contributed by atoms with Crippen LogP contribution in [0.2, 0.25) is 19.6 Å². The van der Waals surface area contributed by atoms with Gasteiger partial charge in [0, 0.05) is 12.0 Å². The summed E-state index contributed by atoms with van der Waals surface area (Å²) in [5.41, 5.74) is 1.12. The molecule has 0 radical (unpaired) electrons. The second-order valence-corrected chi connectivity index (χ2v) is 10.7. The molecule has 4 heteroatoms. The van der Waals surface area contributed by atoms with E-state index in [0.717, 1.165) is 30.6 Å². The highest BCUT2D eigenvalue weighted by Gasteiger charge is 2.54. The van der Waals surface area contributed by atoms with Crippen LogP contribution in [0.15, 0.2) is 18.2 Å². The smallest absolute Gasteiger partial charge is 0.208 e. The predicted molar refractivity (Wildman–Crippen MR) is 72.5 cm³/mol. The van der Waals surface area contributed by atoms with E-state index in [4.69, 9.17) is 9.16 Å². The van der Waals surface area contributed by atoms with Crippen LogP contribution in [-0.4, -0.2) is 19.2 Å². The summed E-state index contributed by atoms with van der Waals surface area (Å²) in [5, 5.41) is 9.65. The van der Waals surface area contributed by atoms with Gasteiger partial charge in [-0.15, -0.1) is 0 Å². The minimum atomic E-state index is -1.66. The average molecular weight is 264 g/mol. The summed E-state index contributed by atoms with van der Waals surface area (Å²) in [6.45, 7) is 6.59. The van der Waals surface area contributed by atoms with Gasteiger partial charge in [-0.2, -0.15) is 0 Å². The van der Waals surface area contributed by atoms with Crippen LogP contribution >= 0.6 is 0 Å². The van der Waals surface area contributed by atoms with E-state index >= 15 is 0 Å². The number of fused-ring (bicyclic) bond motifs is 3. The molecule has 18 heavy (non-hydrogen) atoms. The molecular formula is C14H20O3Si. The Bertz CT molecular complexity index is 480. The maximum absolute atomic E-state index is 9.65. The van der Waals surface area contributed by atoms with E-state index in [9.17, 15) is 5.11 Å². The van der Waals surface area contributed by atoms with Gasteiger partial charge in [-0.3, -0.25) is 0 Å². The third-order valence-corrected chi connectivity index (χ3v) is 4.64. The van der Waals surface area contributed by atoms with Crippen LogP contribution in [-0.2, 0) is 4.43 Å². The van der Waals surface area contributed by atoms with Gasteiger partial charge in [0.05, 0.1) is 5.92 Å². The monoisotopic (exact) mass is 264 g/mol. The lowest BCUT2D eigenvalue weighted by atomic mass is 9.95. The molecule has 98 valence electrons. The molecule has 0 bridgehead atoms. The van der Waals surface area contributed by atoms with Gasteiger partial charge >= 0.3 is 0 Å². The number of phenolic OH excluding ortho intramolecular Hbond substituents is 1. The first-order valence-electron chi connectivity index (χ1n) is 6.62. The number of benzene rings is 1. The SMILES string of the molecule is C[Si](C)(C)OC12CCCC1c1cc(O)ccc1O2. The Hall–Kier alpha value is -1.00. The summed E-state index contributed by atoms with van der Waals surface area (Å²) in [4.78, 5) is 0. The average Bonchev–Trinajstić information content (AvgIpc) is 2.71. The van der Waals surface area contributed by atoms with E-state index in [2.05, 4.69) is 19.6 Å². The summed E-state index contributed by atoms with van der Waals surface area (Å²) in [5.74, 6) is 1.02. The fraction of sp³-hybridized carbons (Fsp3) is 0.571. The van der Waals surface area contributed by atoms with Crippen molar-refractivity contribution in [2.45, 2.75) is 50.6 Å². The van der Waals surface area contributed by atoms with Crippen LogP contribution in [0.5, 0.6) is 11.5 Å². The Kier molecular flexibility index (Phi) is 2.51. The predicted octanol–water partition coefficient (Wildman–Crippen LogP) is 3.60. The summed E-state index contributed by atoms with van der Waals surface area (Å²) < 4.78 is 12.5. The molecule has 2 unspecified atom stereocenters. The molecule has 2 atom stereocenters. The van der Waals surface area contributed by atoms with Crippen LogP contribution in [0.1, 0.15) is 30.7 Å². The van der Waals surface area contributed by atoms with Crippen molar-refractivity contribution in [2.75, 3.05) is 0 Å². The highest BCUT2D eigenvalue weighted by atomic mass is 28.4. The van der Waals surface area contributed by atoms with Gasteiger partial charge in [0.25, 0.3) is 0 Å². The van der Waals surface area contributed by atoms with Crippen LogP contribution in [0.3, 0.4) is 0 Å². The lowest BCUT2D eigenvalue weighted by Crippen LogP contribution is -2.46. The van der Waals surface area contributed by atoms with Crippen molar-refractivity contribution in [2.24, 2.45) is 0 Å². The summed E-state index contributed by atoms with van der Waals surface area (Å²) in [6.07, 6.45) is 3.17. The van der Waals surface area contributed by atoms with Crippen LogP contribution in [0.25, 0.3) is 0 Å². The lowest BCUT2D eigenvalue weighted by molar-refractivity contribution is -0.110. The first kappa shape index (κ1) is 12.1. The quantitative estimate of drug-likeness (QED) is 0.829. The molecule has 3 rings (SSSR count).